The zero-order chi connectivity index (χ0) is 16.2. The quantitative estimate of drug-likeness (QED) is 0.719. The van der Waals surface area contributed by atoms with E-state index in [0.29, 0.717) is 23.9 Å². The molecular weight excluding hydrogens is 314 g/mol. The zero-order valence-electron chi connectivity index (χ0n) is 12.8. The van der Waals surface area contributed by atoms with Crippen LogP contribution in [0, 0.1) is 0 Å². The number of fused-ring (bicyclic) bond motifs is 1. The van der Waals surface area contributed by atoms with Gasteiger partial charge in [0.05, 0.1) is 19.7 Å². The van der Waals surface area contributed by atoms with E-state index in [4.69, 9.17) is 21.1 Å². The molecule has 118 valence electrons. The Morgan fingerprint density at radius 2 is 1.78 bits per heavy atom. The highest BCUT2D eigenvalue weighted by molar-refractivity contribution is 6.28. The van der Waals surface area contributed by atoms with Crippen molar-refractivity contribution in [3.05, 3.63) is 53.3 Å². The average Bonchev–Trinajstić information content (AvgIpc) is 2.59. The van der Waals surface area contributed by atoms with Gasteiger partial charge in [0, 0.05) is 11.9 Å². The minimum absolute atomic E-state index is 0.221. The van der Waals surface area contributed by atoms with Gasteiger partial charge in [-0.3, -0.25) is 0 Å². The molecule has 0 unspecified atom stereocenters. The van der Waals surface area contributed by atoms with Crippen LogP contribution in [0.1, 0.15) is 5.56 Å². The minimum atomic E-state index is 0.221. The maximum Gasteiger partial charge on any atom is 0.224 e. The summed E-state index contributed by atoms with van der Waals surface area (Å²) in [5.41, 5.74) is 1.85. The molecule has 0 radical (unpaired) electrons. The van der Waals surface area contributed by atoms with Gasteiger partial charge in [-0.05, 0) is 41.4 Å². The fourth-order valence-electron chi connectivity index (χ4n) is 2.36. The van der Waals surface area contributed by atoms with Crippen molar-refractivity contribution in [1.29, 1.82) is 0 Å². The molecule has 2 aromatic carbocycles. The van der Waals surface area contributed by atoms with Crippen molar-refractivity contribution in [3.63, 3.8) is 0 Å². The number of nitrogens with zero attached hydrogens (tertiary/aromatic N) is 2. The number of para-hydroxylation sites is 1. The molecule has 1 aromatic heterocycles. The summed E-state index contributed by atoms with van der Waals surface area (Å²) < 4.78 is 10.6. The van der Waals surface area contributed by atoms with E-state index in [1.165, 1.54) is 0 Å². The molecule has 5 nitrogen and oxygen atoms in total. The number of aromatic nitrogens is 2. The maximum atomic E-state index is 5.99. The summed E-state index contributed by atoms with van der Waals surface area (Å²) in [6.07, 6.45) is 0. The van der Waals surface area contributed by atoms with Crippen molar-refractivity contribution in [2.45, 2.75) is 6.54 Å². The molecule has 3 aromatic rings. The van der Waals surface area contributed by atoms with E-state index in [1.807, 2.05) is 42.5 Å². The molecule has 6 heteroatoms. The van der Waals surface area contributed by atoms with E-state index in [1.54, 1.807) is 14.2 Å². The monoisotopic (exact) mass is 329 g/mol. The molecule has 0 saturated carbocycles. The van der Waals surface area contributed by atoms with Gasteiger partial charge >= 0.3 is 0 Å². The van der Waals surface area contributed by atoms with Crippen LogP contribution in [0.3, 0.4) is 0 Å². The van der Waals surface area contributed by atoms with Crippen molar-refractivity contribution >= 4 is 28.3 Å². The van der Waals surface area contributed by atoms with Gasteiger partial charge in [0.25, 0.3) is 0 Å². The Bertz CT molecular complexity index is 839. The number of ether oxygens (including phenoxy) is 2. The number of hydrogen-bond donors (Lipinski definition) is 1. The lowest BCUT2D eigenvalue weighted by Crippen LogP contribution is -2.04. The fraction of sp³-hybridized carbons (Fsp3) is 0.176. The molecule has 0 spiro atoms. The van der Waals surface area contributed by atoms with Crippen molar-refractivity contribution in [1.82, 2.24) is 9.97 Å². The summed E-state index contributed by atoms with van der Waals surface area (Å²) in [6.45, 7) is 0.581. The van der Waals surface area contributed by atoms with Crippen LogP contribution in [0.5, 0.6) is 11.5 Å². The highest BCUT2D eigenvalue weighted by Crippen LogP contribution is 2.28. The van der Waals surface area contributed by atoms with Crippen LogP contribution >= 0.6 is 11.6 Å². The SMILES string of the molecule is COc1ccc(CNc2nc(Cl)nc3ccccc23)cc1OC. The lowest BCUT2D eigenvalue weighted by Gasteiger charge is -2.12. The molecule has 0 fully saturated rings. The second kappa shape index (κ2) is 6.71. The van der Waals surface area contributed by atoms with Crippen LogP contribution in [0.25, 0.3) is 10.9 Å². The lowest BCUT2D eigenvalue weighted by atomic mass is 10.2. The Balaban J connectivity index is 1.86. The molecular formula is C17H16ClN3O2. The summed E-state index contributed by atoms with van der Waals surface area (Å²) in [7, 11) is 3.23. The molecule has 0 aliphatic heterocycles. The van der Waals surface area contributed by atoms with E-state index in [2.05, 4.69) is 15.3 Å². The standard InChI is InChI=1S/C17H16ClN3O2/c1-22-14-8-7-11(9-15(14)23-2)10-19-16-12-5-3-4-6-13(12)20-17(18)21-16/h3-9H,10H2,1-2H3,(H,19,20,21). The first-order valence-corrected chi connectivity index (χ1v) is 7.46. The summed E-state index contributed by atoms with van der Waals surface area (Å²) in [4.78, 5) is 8.50. The maximum absolute atomic E-state index is 5.99. The summed E-state index contributed by atoms with van der Waals surface area (Å²) in [5.74, 6) is 2.10. The number of anilines is 1. The van der Waals surface area contributed by atoms with E-state index in [0.717, 1.165) is 16.5 Å². The van der Waals surface area contributed by atoms with Gasteiger partial charge in [-0.15, -0.1) is 0 Å². The Morgan fingerprint density at radius 3 is 2.57 bits per heavy atom. The van der Waals surface area contributed by atoms with Gasteiger partial charge in [0.2, 0.25) is 5.28 Å². The number of methoxy groups -OCH3 is 2. The molecule has 1 N–H and O–H groups in total. The van der Waals surface area contributed by atoms with Crippen molar-refractivity contribution in [3.8, 4) is 11.5 Å². The first-order chi connectivity index (χ1) is 11.2. The normalized spacial score (nSPS) is 10.6. The highest BCUT2D eigenvalue weighted by Gasteiger charge is 2.08. The number of benzene rings is 2. The molecule has 23 heavy (non-hydrogen) atoms. The molecule has 0 saturated heterocycles. The Kier molecular flexibility index (Phi) is 4.48. The van der Waals surface area contributed by atoms with Crippen LogP contribution in [0.15, 0.2) is 42.5 Å². The van der Waals surface area contributed by atoms with E-state index < -0.39 is 0 Å². The van der Waals surface area contributed by atoms with Crippen molar-refractivity contribution < 1.29 is 9.47 Å². The van der Waals surface area contributed by atoms with Crippen LogP contribution < -0.4 is 14.8 Å². The lowest BCUT2D eigenvalue weighted by molar-refractivity contribution is 0.354. The van der Waals surface area contributed by atoms with E-state index >= 15 is 0 Å². The van der Waals surface area contributed by atoms with Crippen LogP contribution in [0.4, 0.5) is 5.82 Å². The number of nitrogens with one attached hydrogen (secondary N) is 1. The van der Waals surface area contributed by atoms with Crippen molar-refractivity contribution in [2.24, 2.45) is 0 Å². The predicted octanol–water partition coefficient (Wildman–Crippen LogP) is 3.91. The minimum Gasteiger partial charge on any atom is -0.493 e. The average molecular weight is 330 g/mol. The third kappa shape index (κ3) is 3.29. The topological polar surface area (TPSA) is 56.3 Å². The second-order valence-corrected chi connectivity index (χ2v) is 5.24. The second-order valence-electron chi connectivity index (χ2n) is 4.90. The van der Waals surface area contributed by atoms with Gasteiger partial charge in [0.15, 0.2) is 11.5 Å². The summed E-state index contributed by atoms with van der Waals surface area (Å²) >= 11 is 5.99. The van der Waals surface area contributed by atoms with Gasteiger partial charge in [0.1, 0.15) is 5.82 Å². The van der Waals surface area contributed by atoms with E-state index in [-0.39, 0.29) is 5.28 Å². The molecule has 0 atom stereocenters. The smallest absolute Gasteiger partial charge is 0.224 e. The van der Waals surface area contributed by atoms with Gasteiger partial charge in [-0.25, -0.2) is 9.97 Å². The number of rotatable bonds is 5. The highest BCUT2D eigenvalue weighted by atomic mass is 35.5. The first kappa shape index (κ1) is 15.4. The third-order valence-electron chi connectivity index (χ3n) is 3.48. The van der Waals surface area contributed by atoms with Crippen molar-refractivity contribution in [2.75, 3.05) is 19.5 Å². The van der Waals surface area contributed by atoms with Gasteiger partial charge in [-0.2, -0.15) is 0 Å². The Labute approximate surface area is 139 Å². The molecule has 0 amide bonds. The zero-order valence-corrected chi connectivity index (χ0v) is 13.6. The predicted molar refractivity (Wildman–Crippen MR) is 91.4 cm³/mol. The number of hydrogen-bond acceptors (Lipinski definition) is 5. The van der Waals surface area contributed by atoms with Crippen LogP contribution in [-0.4, -0.2) is 24.2 Å². The Hall–Kier alpha value is -2.53. The van der Waals surface area contributed by atoms with E-state index in [9.17, 15) is 0 Å². The van der Waals surface area contributed by atoms with Crippen LogP contribution in [0.2, 0.25) is 5.28 Å². The molecule has 0 aliphatic rings. The van der Waals surface area contributed by atoms with Gasteiger partial charge in [-0.1, -0.05) is 18.2 Å². The molecule has 1 heterocycles. The Morgan fingerprint density at radius 1 is 1.00 bits per heavy atom. The summed E-state index contributed by atoms with van der Waals surface area (Å²) in [6, 6.07) is 13.5. The fourth-order valence-corrected chi connectivity index (χ4v) is 2.53. The third-order valence-corrected chi connectivity index (χ3v) is 3.65. The van der Waals surface area contributed by atoms with Gasteiger partial charge < -0.3 is 14.8 Å². The largest absolute Gasteiger partial charge is 0.493 e. The molecule has 0 bridgehead atoms. The molecule has 0 aliphatic carbocycles. The first-order valence-electron chi connectivity index (χ1n) is 7.08. The summed E-state index contributed by atoms with van der Waals surface area (Å²) in [5, 5.41) is 4.45. The molecule has 3 rings (SSSR count). The van der Waals surface area contributed by atoms with Crippen LogP contribution in [-0.2, 0) is 6.54 Å². The number of halogens is 1.